The van der Waals surface area contributed by atoms with Crippen LogP contribution in [0.1, 0.15) is 37.0 Å². The maximum atomic E-state index is 12.4. The number of carbonyl (C=O) groups excluding carboxylic acids is 2. The third-order valence-electron chi connectivity index (χ3n) is 2.64. The van der Waals surface area contributed by atoms with Gasteiger partial charge in [0.05, 0.1) is 6.61 Å². The summed E-state index contributed by atoms with van der Waals surface area (Å²) in [5, 5.41) is 0. The lowest BCUT2D eigenvalue weighted by molar-refractivity contribution is -0.145. The molecule has 0 bridgehead atoms. The van der Waals surface area contributed by atoms with Gasteiger partial charge in [-0.05, 0) is 12.8 Å². The Bertz CT molecular complexity index is 416. The molecule has 4 heteroatoms. The zero-order valence-corrected chi connectivity index (χ0v) is 12.2. The van der Waals surface area contributed by atoms with Crippen molar-refractivity contribution in [2.45, 2.75) is 31.0 Å². The number of ether oxygens (including phenoxy) is 1. The third-order valence-corrected chi connectivity index (χ3v) is 3.89. The normalized spacial score (nSPS) is 13.7. The largest absolute Gasteiger partial charge is 0.464 e. The molecule has 1 aromatic rings. The molecule has 0 aliphatic heterocycles. The Morgan fingerprint density at radius 3 is 2.33 bits per heavy atom. The lowest BCUT2D eigenvalue weighted by Crippen LogP contribution is -2.41. The maximum absolute atomic E-state index is 12.4. The van der Waals surface area contributed by atoms with Gasteiger partial charge in [0, 0.05) is 5.56 Å². The van der Waals surface area contributed by atoms with Gasteiger partial charge in [-0.2, -0.15) is 0 Å². The minimum Gasteiger partial charge on any atom is -0.464 e. The van der Waals surface area contributed by atoms with Gasteiger partial charge in [-0.3, -0.25) is 9.59 Å². The number of halogens is 1. The molecule has 1 rings (SSSR count). The first-order valence-corrected chi connectivity index (χ1v) is 6.81. The minimum atomic E-state index is -1.27. The Balaban J connectivity index is 2.94. The second-order valence-electron chi connectivity index (χ2n) is 3.99. The highest BCUT2D eigenvalue weighted by Crippen LogP contribution is 2.29. The third kappa shape index (κ3) is 3.19. The molecule has 0 N–H and O–H groups in total. The fourth-order valence-corrected chi connectivity index (χ4v) is 1.87. The zero-order chi connectivity index (χ0) is 13.6. The quantitative estimate of drug-likeness (QED) is 0.350. The summed E-state index contributed by atoms with van der Waals surface area (Å²) in [4.78, 5) is 24.3. The molecule has 1 unspecified atom stereocenters. The van der Waals surface area contributed by atoms with Gasteiger partial charge in [-0.25, -0.2) is 0 Å². The Labute approximate surface area is 116 Å². The predicted molar refractivity (Wildman–Crippen MR) is 74.0 cm³/mol. The number of rotatable bonds is 6. The molecule has 1 aromatic carbocycles. The highest BCUT2D eigenvalue weighted by molar-refractivity contribution is 9.10. The molecule has 1 atom stereocenters. The van der Waals surface area contributed by atoms with E-state index in [4.69, 9.17) is 4.74 Å². The van der Waals surface area contributed by atoms with Gasteiger partial charge in [0.15, 0.2) is 10.1 Å². The molecule has 0 spiro atoms. The van der Waals surface area contributed by atoms with Crippen molar-refractivity contribution in [2.24, 2.45) is 0 Å². The Morgan fingerprint density at radius 1 is 1.22 bits per heavy atom. The van der Waals surface area contributed by atoms with Crippen LogP contribution in [0.5, 0.6) is 0 Å². The van der Waals surface area contributed by atoms with Crippen LogP contribution < -0.4 is 0 Å². The predicted octanol–water partition coefficient (Wildman–Crippen LogP) is 3.37. The van der Waals surface area contributed by atoms with Crippen LogP contribution in [0.2, 0.25) is 0 Å². The molecule has 3 nitrogen and oxygen atoms in total. The van der Waals surface area contributed by atoms with Crippen molar-refractivity contribution in [1.82, 2.24) is 0 Å². The first kappa shape index (κ1) is 14.9. The van der Waals surface area contributed by atoms with E-state index >= 15 is 0 Å². The summed E-state index contributed by atoms with van der Waals surface area (Å²) >= 11 is 3.26. The van der Waals surface area contributed by atoms with Crippen molar-refractivity contribution in [3.63, 3.8) is 0 Å². The number of benzene rings is 1. The molecule has 0 fully saturated rings. The van der Waals surface area contributed by atoms with Crippen molar-refractivity contribution in [3.05, 3.63) is 35.9 Å². The van der Waals surface area contributed by atoms with Crippen molar-refractivity contribution in [1.29, 1.82) is 0 Å². The summed E-state index contributed by atoms with van der Waals surface area (Å²) in [5.74, 6) is -0.771. The van der Waals surface area contributed by atoms with Gasteiger partial charge in [-0.1, -0.05) is 60.1 Å². The Morgan fingerprint density at radius 2 is 1.83 bits per heavy atom. The standard InChI is InChI=1S/C14H17BrO3/c1-3-10-18-13(17)14(15,4-2)12(16)11-8-6-5-7-9-11/h5-9H,3-4,10H2,1-2H3. The van der Waals surface area contributed by atoms with Gasteiger partial charge in [0.25, 0.3) is 0 Å². The fourth-order valence-electron chi connectivity index (χ4n) is 1.53. The van der Waals surface area contributed by atoms with E-state index < -0.39 is 10.3 Å². The number of carbonyl (C=O) groups is 2. The SMILES string of the molecule is CCCOC(=O)C(Br)(CC)C(=O)c1ccccc1. The molecule has 0 heterocycles. The molecule has 98 valence electrons. The van der Waals surface area contributed by atoms with E-state index in [9.17, 15) is 9.59 Å². The molecular weight excluding hydrogens is 296 g/mol. The monoisotopic (exact) mass is 312 g/mol. The van der Waals surface area contributed by atoms with Crippen LogP contribution in [0.15, 0.2) is 30.3 Å². The first-order chi connectivity index (χ1) is 8.56. The Hall–Kier alpha value is -1.16. The van der Waals surface area contributed by atoms with Crippen LogP contribution in [-0.4, -0.2) is 22.7 Å². The summed E-state index contributed by atoms with van der Waals surface area (Å²) in [6, 6.07) is 8.76. The zero-order valence-electron chi connectivity index (χ0n) is 10.6. The van der Waals surface area contributed by atoms with Crippen LogP contribution in [0, 0.1) is 0 Å². The summed E-state index contributed by atoms with van der Waals surface area (Å²) in [6.45, 7) is 4.02. The van der Waals surface area contributed by atoms with E-state index in [0.29, 0.717) is 18.6 Å². The number of esters is 1. The smallest absolute Gasteiger partial charge is 0.330 e. The van der Waals surface area contributed by atoms with Gasteiger partial charge < -0.3 is 4.74 Å². The van der Waals surface area contributed by atoms with E-state index in [-0.39, 0.29) is 5.78 Å². The van der Waals surface area contributed by atoms with Crippen LogP contribution >= 0.6 is 15.9 Å². The van der Waals surface area contributed by atoms with Gasteiger partial charge in [-0.15, -0.1) is 0 Å². The highest BCUT2D eigenvalue weighted by atomic mass is 79.9. The van der Waals surface area contributed by atoms with Crippen molar-refractivity contribution >= 4 is 27.7 Å². The van der Waals surface area contributed by atoms with Crippen LogP contribution in [0.25, 0.3) is 0 Å². The lowest BCUT2D eigenvalue weighted by atomic mass is 9.95. The number of hydrogen-bond donors (Lipinski definition) is 0. The lowest BCUT2D eigenvalue weighted by Gasteiger charge is -2.22. The minimum absolute atomic E-state index is 0.258. The van der Waals surface area contributed by atoms with Crippen molar-refractivity contribution < 1.29 is 14.3 Å². The van der Waals surface area contributed by atoms with E-state index in [2.05, 4.69) is 15.9 Å². The molecule has 0 aliphatic rings. The van der Waals surface area contributed by atoms with Gasteiger partial charge in [0.1, 0.15) is 0 Å². The number of Topliss-reactive ketones (excluding diaryl/α,β-unsaturated/α-hetero) is 1. The molecule has 0 aliphatic carbocycles. The van der Waals surface area contributed by atoms with Gasteiger partial charge >= 0.3 is 5.97 Å². The summed E-state index contributed by atoms with van der Waals surface area (Å²) in [6.07, 6.45) is 1.08. The van der Waals surface area contributed by atoms with E-state index in [1.54, 1.807) is 31.2 Å². The molecule has 0 radical (unpaired) electrons. The molecule has 0 aromatic heterocycles. The molecule has 0 saturated heterocycles. The first-order valence-electron chi connectivity index (χ1n) is 6.02. The van der Waals surface area contributed by atoms with Crippen LogP contribution in [0.3, 0.4) is 0 Å². The Kier molecular flexibility index (Phi) is 5.54. The second kappa shape index (κ2) is 6.69. The van der Waals surface area contributed by atoms with Crippen molar-refractivity contribution in [3.8, 4) is 0 Å². The molecule has 0 amide bonds. The maximum Gasteiger partial charge on any atom is 0.330 e. The van der Waals surface area contributed by atoms with Crippen molar-refractivity contribution in [2.75, 3.05) is 6.61 Å². The number of hydrogen-bond acceptors (Lipinski definition) is 3. The summed E-state index contributed by atoms with van der Waals surface area (Å²) in [5.41, 5.74) is 0.504. The number of ketones is 1. The van der Waals surface area contributed by atoms with E-state index in [0.717, 1.165) is 6.42 Å². The molecule has 18 heavy (non-hydrogen) atoms. The topological polar surface area (TPSA) is 43.4 Å². The van der Waals surface area contributed by atoms with Crippen LogP contribution in [-0.2, 0) is 9.53 Å². The molecule has 0 saturated carbocycles. The molecular formula is C14H17BrO3. The van der Waals surface area contributed by atoms with Gasteiger partial charge in [0.2, 0.25) is 0 Å². The second-order valence-corrected chi connectivity index (χ2v) is 5.34. The van der Waals surface area contributed by atoms with Crippen LogP contribution in [0.4, 0.5) is 0 Å². The average molecular weight is 313 g/mol. The summed E-state index contributed by atoms with van der Waals surface area (Å²) < 4.78 is 3.81. The highest BCUT2D eigenvalue weighted by Gasteiger charge is 2.43. The number of alkyl halides is 1. The van der Waals surface area contributed by atoms with E-state index in [1.165, 1.54) is 0 Å². The van der Waals surface area contributed by atoms with E-state index in [1.807, 2.05) is 13.0 Å². The average Bonchev–Trinajstić information content (AvgIpc) is 2.43. The summed E-state index contributed by atoms with van der Waals surface area (Å²) in [7, 11) is 0. The fraction of sp³-hybridized carbons (Fsp3) is 0.429.